The quantitative estimate of drug-likeness (QED) is 0.0597. The fourth-order valence-corrected chi connectivity index (χ4v) is 8.28. The number of phenolic OH excluding ortho intramolecular Hbond substituents is 1. The maximum absolute atomic E-state index is 11.9. The molecule has 5 N–H and O–H groups in total. The monoisotopic (exact) mass is 772 g/mol. The van der Waals surface area contributed by atoms with Crippen LogP contribution in [0.5, 0.6) is 11.5 Å². The van der Waals surface area contributed by atoms with E-state index in [1.807, 2.05) is 24.3 Å². The average molecular weight is 774 g/mol. The zero-order chi connectivity index (χ0) is 35.4. The molecular formula is C40H59BrN3O7+. The summed E-state index contributed by atoms with van der Waals surface area (Å²) >= 11 is 0. The van der Waals surface area contributed by atoms with Crippen molar-refractivity contribution in [2.45, 2.75) is 75.6 Å². The lowest BCUT2D eigenvalue weighted by Gasteiger charge is -2.53. The molecule has 282 valence electrons. The van der Waals surface area contributed by atoms with Crippen LogP contribution in [0.4, 0.5) is 5.69 Å². The summed E-state index contributed by atoms with van der Waals surface area (Å²) in [6, 6.07) is 13.1. The lowest BCUT2D eigenvalue weighted by atomic mass is 9.80. The number of aliphatic hydroxyl groups excluding tert-OH is 1. The van der Waals surface area contributed by atoms with Crippen molar-refractivity contribution in [2.75, 3.05) is 64.9 Å². The zero-order valence-electron chi connectivity index (χ0n) is 30.1. The van der Waals surface area contributed by atoms with Crippen molar-refractivity contribution in [3.8, 4) is 11.5 Å². The number of nitrogens with one attached hydrogen (secondary N) is 2. The van der Waals surface area contributed by atoms with Crippen LogP contribution < -0.4 is 15.4 Å². The van der Waals surface area contributed by atoms with Crippen molar-refractivity contribution in [1.82, 2.24) is 5.32 Å². The molecule has 1 aliphatic carbocycles. The number of halogens is 1. The van der Waals surface area contributed by atoms with Crippen molar-refractivity contribution < 1.29 is 38.8 Å². The number of phenols is 1. The van der Waals surface area contributed by atoms with Gasteiger partial charge in [-0.1, -0.05) is 55.8 Å². The summed E-state index contributed by atoms with van der Waals surface area (Å²) in [6.07, 6.45) is 15.6. The number of benzene rings is 2. The summed E-state index contributed by atoms with van der Waals surface area (Å²) in [5, 5.41) is 36.7. The van der Waals surface area contributed by atoms with Gasteiger partial charge < -0.3 is 44.6 Å². The van der Waals surface area contributed by atoms with Gasteiger partial charge in [-0.25, -0.2) is 0 Å². The minimum Gasteiger partial charge on any atom is -0.508 e. The number of nitrogens with zero attached hydrogens (tertiary/aromatic N) is 1. The van der Waals surface area contributed by atoms with E-state index in [1.54, 1.807) is 19.4 Å². The highest BCUT2D eigenvalue weighted by Crippen LogP contribution is 2.43. The third-order valence-corrected chi connectivity index (χ3v) is 11.0. The third kappa shape index (κ3) is 10.8. The number of fused-ring (bicyclic) bond motifs is 4. The Labute approximate surface area is 314 Å². The first-order valence-corrected chi connectivity index (χ1v) is 18.5. The minimum atomic E-state index is -0.853. The number of carbonyl (C=O) groups is 1. The van der Waals surface area contributed by atoms with E-state index in [-0.39, 0.29) is 41.3 Å². The summed E-state index contributed by atoms with van der Waals surface area (Å²) in [6.45, 7) is 10.1. The molecule has 1 amide bonds. The van der Waals surface area contributed by atoms with Crippen LogP contribution in [0.25, 0.3) is 0 Å². The van der Waals surface area contributed by atoms with Gasteiger partial charge in [0.25, 0.3) is 5.91 Å². The van der Waals surface area contributed by atoms with Gasteiger partial charge in [0.2, 0.25) is 0 Å². The molecule has 4 fully saturated rings. The topological polar surface area (TPSA) is 130 Å². The summed E-state index contributed by atoms with van der Waals surface area (Å²) in [4.78, 5) is 11.2. The molecule has 4 heterocycles. The molecule has 51 heavy (non-hydrogen) atoms. The molecule has 7 rings (SSSR count). The number of piperidine rings is 3. The van der Waals surface area contributed by atoms with Crippen LogP contribution in [0, 0.1) is 11.8 Å². The Morgan fingerprint density at radius 3 is 2.57 bits per heavy atom. The number of amides is 1. The molecule has 4 aliphatic heterocycles. The second-order valence-corrected chi connectivity index (χ2v) is 14.5. The molecule has 5 aliphatic rings. The fourth-order valence-electron chi connectivity index (χ4n) is 8.28. The Hall–Kier alpha value is -2.93. The van der Waals surface area contributed by atoms with Crippen LogP contribution in [0.2, 0.25) is 0 Å². The molecule has 2 aromatic carbocycles. The number of hydrogen-bond donors (Lipinski definition) is 5. The van der Waals surface area contributed by atoms with E-state index in [2.05, 4.69) is 29.3 Å². The molecule has 0 unspecified atom stereocenters. The number of hydrogen-bond acceptors (Lipinski definition) is 8. The van der Waals surface area contributed by atoms with Gasteiger partial charge in [0, 0.05) is 36.9 Å². The number of quaternary nitrogens is 1. The fraction of sp³-hybridized carbons (Fsp3) is 0.575. The van der Waals surface area contributed by atoms with E-state index in [0.29, 0.717) is 42.0 Å². The van der Waals surface area contributed by atoms with Gasteiger partial charge >= 0.3 is 0 Å². The Morgan fingerprint density at radius 1 is 1.12 bits per heavy atom. The summed E-state index contributed by atoms with van der Waals surface area (Å²) in [7, 11) is 1.71. The molecule has 2 aromatic rings. The summed E-state index contributed by atoms with van der Waals surface area (Å²) in [5.74, 6) is 1.08. The maximum Gasteiger partial charge on any atom is 0.262 e. The predicted octanol–water partition coefficient (Wildman–Crippen LogP) is 6.13. The van der Waals surface area contributed by atoms with E-state index in [9.17, 15) is 20.1 Å². The van der Waals surface area contributed by atoms with Crippen molar-refractivity contribution >= 4 is 28.6 Å². The smallest absolute Gasteiger partial charge is 0.262 e. The highest BCUT2D eigenvalue weighted by molar-refractivity contribution is 8.93. The van der Waals surface area contributed by atoms with Gasteiger partial charge in [-0.3, -0.25) is 4.79 Å². The molecule has 3 atom stereocenters. The highest BCUT2D eigenvalue weighted by atomic mass is 79.9. The molecule has 0 aromatic heterocycles. The van der Waals surface area contributed by atoms with Gasteiger partial charge in [0.1, 0.15) is 29.7 Å². The van der Waals surface area contributed by atoms with Gasteiger partial charge in [0.05, 0.1) is 50.9 Å². The zero-order valence-corrected chi connectivity index (χ0v) is 31.9. The molecule has 1 saturated carbocycles. The van der Waals surface area contributed by atoms with E-state index >= 15 is 0 Å². The second kappa shape index (κ2) is 19.8. The van der Waals surface area contributed by atoms with Gasteiger partial charge in [-0.15, -0.1) is 17.0 Å². The Morgan fingerprint density at radius 2 is 1.86 bits per heavy atom. The lowest BCUT2D eigenvalue weighted by molar-refractivity contribution is -0.946. The van der Waals surface area contributed by atoms with Crippen molar-refractivity contribution in [3.63, 3.8) is 0 Å². The number of rotatable bonds is 16. The number of ether oxygens (including phenoxy) is 3. The Bertz CT molecular complexity index is 1410. The number of likely N-dealkylation sites (N-methyl/N-ethyl adjacent to an activating group) is 1. The first-order valence-electron chi connectivity index (χ1n) is 18.5. The van der Waals surface area contributed by atoms with Crippen molar-refractivity contribution in [1.29, 1.82) is 0 Å². The van der Waals surface area contributed by atoms with Gasteiger partial charge in [-0.05, 0) is 62.8 Å². The predicted molar refractivity (Wildman–Crippen MR) is 205 cm³/mol. The maximum atomic E-state index is 11.9. The van der Waals surface area contributed by atoms with Gasteiger partial charge in [-0.2, -0.15) is 0 Å². The highest BCUT2D eigenvalue weighted by Gasteiger charge is 2.48. The normalized spacial score (nSPS) is 24.3. The van der Waals surface area contributed by atoms with Gasteiger partial charge in [0.15, 0.2) is 6.61 Å². The van der Waals surface area contributed by atoms with Crippen LogP contribution in [0.1, 0.15) is 75.0 Å². The first kappa shape index (κ1) is 40.8. The van der Waals surface area contributed by atoms with Crippen LogP contribution in [0.3, 0.4) is 0 Å². The molecule has 10 nitrogen and oxygen atoms in total. The van der Waals surface area contributed by atoms with Crippen molar-refractivity contribution in [2.24, 2.45) is 11.8 Å². The number of anilines is 1. The van der Waals surface area contributed by atoms with E-state index < -0.39 is 11.7 Å². The van der Waals surface area contributed by atoms with Crippen LogP contribution in [-0.2, 0) is 19.9 Å². The minimum absolute atomic E-state index is 0. The number of carbonyl (C=O) groups excluding carboxylic acids is 1. The SMILES string of the molecule is Br.C=C/C=C/OCCCCC[N+]12CCC(CC1)[C@@H](OC[C@@](O)(c1ccccc1)C1CCCC1)C2.CNC[C@H](O)c1cc(O)cc2c1OCC(=O)N2. The van der Waals surface area contributed by atoms with Crippen LogP contribution >= 0.6 is 17.0 Å². The number of aromatic hydroxyl groups is 1. The third-order valence-electron chi connectivity index (χ3n) is 11.0. The second-order valence-electron chi connectivity index (χ2n) is 14.5. The molecule has 11 heteroatoms. The molecule has 2 bridgehead atoms. The largest absolute Gasteiger partial charge is 0.508 e. The van der Waals surface area contributed by atoms with Crippen molar-refractivity contribution in [3.05, 3.63) is 78.6 Å². The molecular weight excluding hydrogens is 714 g/mol. The Balaban J connectivity index is 0.000000273. The summed E-state index contributed by atoms with van der Waals surface area (Å²) < 4.78 is 18.6. The number of allylic oxidation sites excluding steroid dienone is 2. The molecule has 0 spiro atoms. The van der Waals surface area contributed by atoms with E-state index in [0.717, 1.165) is 38.0 Å². The standard InChI is InChI=1S/C29H44NO3.C11H14N2O4.BrH/c1-2-3-21-32-22-11-5-10-18-30-19-16-25(17-20-30)28(23-30)33-24-29(31,27-14-8-9-15-27)26-12-6-4-7-13-26;1-12-4-9(15)7-2-6(14)3-8-11(7)17-5-10(16)13-8;/h2-4,6-7,12-13,21,25,27-28,31H,1,5,8-11,14-20,22-24H2;2-3,9,12,14-15H,4-5H2,1H3,(H,13,16);1H/q+1;;/b21-3+;;/t25?,28-,29+,30?;9-;/m00./s1. The number of aliphatic hydroxyl groups is 2. The Kier molecular flexibility index (Phi) is 15.8. The number of unbranched alkanes of at least 4 members (excludes halogenated alkanes) is 2. The lowest BCUT2D eigenvalue weighted by Crippen LogP contribution is -2.64. The van der Waals surface area contributed by atoms with E-state index in [4.69, 9.17) is 14.2 Å². The first-order chi connectivity index (χ1) is 24.3. The molecule has 3 saturated heterocycles. The average Bonchev–Trinajstić information content (AvgIpc) is 3.69. The van der Waals surface area contributed by atoms with Crippen LogP contribution in [0.15, 0.2) is 67.5 Å². The van der Waals surface area contributed by atoms with E-state index in [1.165, 1.54) is 74.8 Å². The van der Waals surface area contributed by atoms with Crippen LogP contribution in [-0.4, -0.2) is 91.4 Å². The summed E-state index contributed by atoms with van der Waals surface area (Å²) in [5.41, 5.74) is 1.02. The molecule has 0 radical (unpaired) electrons.